The molecule has 0 spiro atoms. The molecule has 2 rings (SSSR count). The highest BCUT2D eigenvalue weighted by Gasteiger charge is 2.42. The first-order chi connectivity index (χ1) is 10.5. The SMILES string of the molecule is CCN(C)CC1(O)CCCN(Cc2cccc(OC)c2)C1=O. The Hall–Kier alpha value is -1.59. The summed E-state index contributed by atoms with van der Waals surface area (Å²) in [7, 11) is 3.55. The molecule has 0 aromatic heterocycles. The van der Waals surface area contributed by atoms with E-state index in [2.05, 4.69) is 0 Å². The molecule has 1 aromatic carbocycles. The summed E-state index contributed by atoms with van der Waals surface area (Å²) in [6, 6.07) is 7.70. The van der Waals surface area contributed by atoms with Crippen molar-refractivity contribution in [2.45, 2.75) is 31.9 Å². The number of piperidine rings is 1. The van der Waals surface area contributed by atoms with Crippen LogP contribution in [0, 0.1) is 0 Å². The van der Waals surface area contributed by atoms with Gasteiger partial charge < -0.3 is 19.6 Å². The number of likely N-dealkylation sites (N-methyl/N-ethyl adjacent to an activating group) is 1. The van der Waals surface area contributed by atoms with Crippen LogP contribution in [0.1, 0.15) is 25.3 Å². The number of carbonyl (C=O) groups is 1. The molecule has 122 valence electrons. The summed E-state index contributed by atoms with van der Waals surface area (Å²) >= 11 is 0. The average Bonchev–Trinajstić information content (AvgIpc) is 2.52. The Labute approximate surface area is 132 Å². The van der Waals surface area contributed by atoms with Gasteiger partial charge in [-0.2, -0.15) is 0 Å². The summed E-state index contributed by atoms with van der Waals surface area (Å²) in [6.45, 7) is 4.41. The first-order valence-electron chi connectivity index (χ1n) is 7.81. The molecule has 1 atom stereocenters. The number of methoxy groups -OCH3 is 1. The number of hydrogen-bond acceptors (Lipinski definition) is 4. The number of nitrogens with zero attached hydrogens (tertiary/aromatic N) is 2. The Bertz CT molecular complexity index is 520. The molecule has 5 heteroatoms. The van der Waals surface area contributed by atoms with Gasteiger partial charge in [-0.25, -0.2) is 0 Å². The number of benzene rings is 1. The number of amides is 1. The molecule has 5 nitrogen and oxygen atoms in total. The van der Waals surface area contributed by atoms with Crippen LogP contribution in [-0.2, 0) is 11.3 Å². The highest BCUT2D eigenvalue weighted by Crippen LogP contribution is 2.25. The molecule has 1 aromatic rings. The van der Waals surface area contributed by atoms with Gasteiger partial charge in [0.25, 0.3) is 5.91 Å². The number of aliphatic hydroxyl groups is 1. The topological polar surface area (TPSA) is 53.0 Å². The van der Waals surface area contributed by atoms with Gasteiger partial charge in [-0.3, -0.25) is 4.79 Å². The van der Waals surface area contributed by atoms with Crippen molar-refractivity contribution in [3.63, 3.8) is 0 Å². The molecular formula is C17H26N2O3. The highest BCUT2D eigenvalue weighted by molar-refractivity contribution is 5.86. The molecule has 1 fully saturated rings. The van der Waals surface area contributed by atoms with Crippen molar-refractivity contribution in [1.29, 1.82) is 0 Å². The van der Waals surface area contributed by atoms with E-state index in [1.807, 2.05) is 43.1 Å². The van der Waals surface area contributed by atoms with E-state index in [0.717, 1.165) is 24.3 Å². The maximum Gasteiger partial charge on any atom is 0.256 e. The Morgan fingerprint density at radius 3 is 2.91 bits per heavy atom. The summed E-state index contributed by atoms with van der Waals surface area (Å²) in [6.07, 6.45) is 1.36. The van der Waals surface area contributed by atoms with E-state index >= 15 is 0 Å². The van der Waals surface area contributed by atoms with Crippen molar-refractivity contribution in [2.24, 2.45) is 0 Å². The summed E-state index contributed by atoms with van der Waals surface area (Å²) < 4.78 is 5.22. The fourth-order valence-electron chi connectivity index (χ4n) is 2.91. The standard InChI is InChI=1S/C17H26N2O3/c1-4-18(2)13-17(21)9-6-10-19(16(17)20)12-14-7-5-8-15(11-14)22-3/h5,7-8,11,21H,4,6,9-10,12-13H2,1-3H3. The second-order valence-electron chi connectivity index (χ2n) is 6.04. The molecule has 0 saturated carbocycles. The van der Waals surface area contributed by atoms with E-state index in [1.165, 1.54) is 0 Å². The van der Waals surface area contributed by atoms with Crippen molar-refractivity contribution in [3.05, 3.63) is 29.8 Å². The van der Waals surface area contributed by atoms with Gasteiger partial charge in [0.05, 0.1) is 7.11 Å². The average molecular weight is 306 g/mol. The summed E-state index contributed by atoms with van der Waals surface area (Å²) in [4.78, 5) is 16.4. The van der Waals surface area contributed by atoms with E-state index in [0.29, 0.717) is 26.1 Å². The zero-order valence-corrected chi connectivity index (χ0v) is 13.7. The Morgan fingerprint density at radius 1 is 1.45 bits per heavy atom. The highest BCUT2D eigenvalue weighted by atomic mass is 16.5. The van der Waals surface area contributed by atoms with Crippen LogP contribution < -0.4 is 4.74 Å². The van der Waals surface area contributed by atoms with Gasteiger partial charge in [0, 0.05) is 19.6 Å². The van der Waals surface area contributed by atoms with E-state index in [1.54, 1.807) is 12.0 Å². The maximum atomic E-state index is 12.7. The molecule has 22 heavy (non-hydrogen) atoms. The van der Waals surface area contributed by atoms with Crippen molar-refractivity contribution in [3.8, 4) is 5.75 Å². The number of carbonyl (C=O) groups excluding carboxylic acids is 1. The van der Waals surface area contributed by atoms with Crippen LogP contribution in [0.5, 0.6) is 5.75 Å². The molecule has 1 heterocycles. The predicted octanol–water partition coefficient (Wildman–Crippen LogP) is 1.50. The van der Waals surface area contributed by atoms with Crippen molar-refractivity contribution in [1.82, 2.24) is 9.80 Å². The van der Waals surface area contributed by atoms with Gasteiger partial charge in [-0.1, -0.05) is 19.1 Å². The molecule has 1 N–H and O–H groups in total. The zero-order chi connectivity index (χ0) is 16.2. The Kier molecular flexibility index (Phi) is 5.42. The van der Waals surface area contributed by atoms with Gasteiger partial charge in [-0.15, -0.1) is 0 Å². The normalized spacial score (nSPS) is 22.2. The number of hydrogen-bond donors (Lipinski definition) is 1. The summed E-state index contributed by atoms with van der Waals surface area (Å²) in [5.41, 5.74) is -0.247. The van der Waals surface area contributed by atoms with E-state index in [4.69, 9.17) is 4.74 Å². The van der Waals surface area contributed by atoms with E-state index in [-0.39, 0.29) is 5.91 Å². The minimum Gasteiger partial charge on any atom is -0.497 e. The van der Waals surface area contributed by atoms with Crippen LogP contribution in [0.3, 0.4) is 0 Å². The lowest BCUT2D eigenvalue weighted by Crippen LogP contribution is -2.57. The maximum absolute atomic E-state index is 12.7. The largest absolute Gasteiger partial charge is 0.497 e. The lowest BCUT2D eigenvalue weighted by atomic mass is 9.91. The third kappa shape index (κ3) is 3.78. The van der Waals surface area contributed by atoms with Gasteiger partial charge in [0.2, 0.25) is 0 Å². The fourth-order valence-corrected chi connectivity index (χ4v) is 2.91. The fraction of sp³-hybridized carbons (Fsp3) is 0.588. The van der Waals surface area contributed by atoms with Crippen LogP contribution in [0.25, 0.3) is 0 Å². The third-order valence-electron chi connectivity index (χ3n) is 4.28. The molecule has 1 amide bonds. The van der Waals surface area contributed by atoms with Crippen LogP contribution in [0.15, 0.2) is 24.3 Å². The third-order valence-corrected chi connectivity index (χ3v) is 4.28. The second kappa shape index (κ2) is 7.11. The summed E-state index contributed by atoms with van der Waals surface area (Å²) in [5.74, 6) is 0.616. The van der Waals surface area contributed by atoms with Crippen molar-refractivity contribution >= 4 is 5.91 Å². The monoisotopic (exact) mass is 306 g/mol. The number of rotatable bonds is 6. The van der Waals surface area contributed by atoms with Gasteiger partial charge >= 0.3 is 0 Å². The molecular weight excluding hydrogens is 280 g/mol. The smallest absolute Gasteiger partial charge is 0.256 e. The lowest BCUT2D eigenvalue weighted by Gasteiger charge is -2.40. The van der Waals surface area contributed by atoms with Crippen LogP contribution in [0.4, 0.5) is 0 Å². The van der Waals surface area contributed by atoms with Crippen LogP contribution in [-0.4, -0.2) is 60.2 Å². The zero-order valence-electron chi connectivity index (χ0n) is 13.7. The lowest BCUT2D eigenvalue weighted by molar-refractivity contribution is -0.159. The molecule has 0 radical (unpaired) electrons. The van der Waals surface area contributed by atoms with E-state index in [9.17, 15) is 9.90 Å². The predicted molar refractivity (Wildman–Crippen MR) is 85.8 cm³/mol. The molecule has 1 aliphatic heterocycles. The molecule has 1 aliphatic rings. The number of ether oxygens (including phenoxy) is 1. The Balaban J connectivity index is 2.09. The Morgan fingerprint density at radius 2 is 2.23 bits per heavy atom. The first-order valence-corrected chi connectivity index (χ1v) is 7.81. The van der Waals surface area contributed by atoms with Crippen LogP contribution in [0.2, 0.25) is 0 Å². The van der Waals surface area contributed by atoms with Crippen molar-refractivity contribution < 1.29 is 14.6 Å². The second-order valence-corrected chi connectivity index (χ2v) is 6.04. The van der Waals surface area contributed by atoms with Gasteiger partial charge in [-0.05, 0) is 44.1 Å². The molecule has 1 saturated heterocycles. The summed E-state index contributed by atoms with van der Waals surface area (Å²) in [5, 5.41) is 10.7. The minimum absolute atomic E-state index is 0.165. The quantitative estimate of drug-likeness (QED) is 0.865. The van der Waals surface area contributed by atoms with Crippen molar-refractivity contribution in [2.75, 3.05) is 33.8 Å². The van der Waals surface area contributed by atoms with Gasteiger partial charge in [0.15, 0.2) is 5.60 Å². The van der Waals surface area contributed by atoms with E-state index < -0.39 is 5.60 Å². The molecule has 0 bridgehead atoms. The van der Waals surface area contributed by atoms with Crippen LogP contribution >= 0.6 is 0 Å². The number of likely N-dealkylation sites (tertiary alicyclic amines) is 1. The molecule has 1 unspecified atom stereocenters. The first kappa shape index (κ1) is 16.8. The molecule has 0 aliphatic carbocycles. The van der Waals surface area contributed by atoms with Gasteiger partial charge in [0.1, 0.15) is 5.75 Å². The minimum atomic E-state index is -1.26.